The molecule has 2 amide bonds. The van der Waals surface area contributed by atoms with Gasteiger partial charge in [-0.25, -0.2) is 13.2 Å². The van der Waals surface area contributed by atoms with Crippen LogP contribution < -0.4 is 10.6 Å². The smallest absolute Gasteiger partial charge is 0.243 e. The van der Waals surface area contributed by atoms with Crippen molar-refractivity contribution in [3.8, 4) is 0 Å². The highest BCUT2D eigenvalue weighted by molar-refractivity contribution is 5.94. The molecule has 2 rings (SSSR count). The highest BCUT2D eigenvalue weighted by atomic mass is 19.2. The van der Waals surface area contributed by atoms with Gasteiger partial charge >= 0.3 is 0 Å². The normalized spacial score (nSPS) is 10.7. The monoisotopic (exact) mass is 365 g/mol. The van der Waals surface area contributed by atoms with Gasteiger partial charge in [0.1, 0.15) is 5.82 Å². The van der Waals surface area contributed by atoms with Gasteiger partial charge in [0.2, 0.25) is 11.8 Å². The highest BCUT2D eigenvalue weighted by Crippen LogP contribution is 2.12. The third-order valence-electron chi connectivity index (χ3n) is 3.46. The molecule has 2 N–H and O–H groups in total. The van der Waals surface area contributed by atoms with E-state index in [4.69, 9.17) is 0 Å². The zero-order valence-electron chi connectivity index (χ0n) is 14.1. The molecule has 2 aromatic rings. The Morgan fingerprint density at radius 3 is 2.38 bits per heavy atom. The van der Waals surface area contributed by atoms with E-state index < -0.39 is 23.4 Å². The summed E-state index contributed by atoms with van der Waals surface area (Å²) in [7, 11) is 1.65. The van der Waals surface area contributed by atoms with Gasteiger partial charge in [-0.1, -0.05) is 18.2 Å². The van der Waals surface area contributed by atoms with Crippen LogP contribution in [0.15, 0.2) is 42.5 Å². The predicted molar refractivity (Wildman–Crippen MR) is 90.7 cm³/mol. The van der Waals surface area contributed by atoms with Gasteiger partial charge < -0.3 is 10.6 Å². The lowest BCUT2D eigenvalue weighted by molar-refractivity contribution is -0.124. The summed E-state index contributed by atoms with van der Waals surface area (Å²) in [6.45, 7) is -0.126. The van der Waals surface area contributed by atoms with Gasteiger partial charge in [-0.05, 0) is 25.2 Å². The maximum absolute atomic E-state index is 13.6. The molecule has 0 saturated heterocycles. The van der Waals surface area contributed by atoms with Crippen LogP contribution in [-0.2, 0) is 16.1 Å². The Balaban J connectivity index is 1.76. The number of nitrogens with zero attached hydrogens (tertiary/aromatic N) is 1. The van der Waals surface area contributed by atoms with Crippen LogP contribution in [0.25, 0.3) is 0 Å². The molecular weight excluding hydrogens is 347 g/mol. The average Bonchev–Trinajstić information content (AvgIpc) is 2.58. The molecule has 2 aromatic carbocycles. The van der Waals surface area contributed by atoms with E-state index in [2.05, 4.69) is 10.6 Å². The van der Waals surface area contributed by atoms with Crippen LogP contribution in [0.1, 0.15) is 5.56 Å². The Labute approximate surface area is 148 Å². The van der Waals surface area contributed by atoms with Gasteiger partial charge in [-0.3, -0.25) is 14.5 Å². The van der Waals surface area contributed by atoms with Crippen molar-refractivity contribution in [2.45, 2.75) is 6.54 Å². The van der Waals surface area contributed by atoms with E-state index in [0.29, 0.717) is 5.56 Å². The minimum Gasteiger partial charge on any atom is -0.346 e. The standard InChI is InChI=1S/C18H18F3N3O2/c1-24(10-12-4-2-3-5-14(12)19)11-18(26)22-9-17(25)23-13-6-7-15(20)16(21)8-13/h2-8H,9-11H2,1H3,(H,22,26)(H,23,25). The minimum atomic E-state index is -1.08. The first kappa shape index (κ1) is 19.5. The Morgan fingerprint density at radius 1 is 0.962 bits per heavy atom. The van der Waals surface area contributed by atoms with E-state index >= 15 is 0 Å². The van der Waals surface area contributed by atoms with E-state index in [1.54, 1.807) is 30.1 Å². The molecule has 0 bridgehead atoms. The van der Waals surface area contributed by atoms with E-state index in [0.717, 1.165) is 12.1 Å². The molecule has 8 heteroatoms. The molecule has 0 unspecified atom stereocenters. The molecule has 5 nitrogen and oxygen atoms in total. The number of anilines is 1. The zero-order chi connectivity index (χ0) is 19.1. The number of benzene rings is 2. The summed E-state index contributed by atoms with van der Waals surface area (Å²) in [6.07, 6.45) is 0. The maximum Gasteiger partial charge on any atom is 0.243 e. The Morgan fingerprint density at radius 2 is 1.69 bits per heavy atom. The summed E-state index contributed by atoms with van der Waals surface area (Å²) in [5.41, 5.74) is 0.540. The number of hydrogen-bond donors (Lipinski definition) is 2. The molecule has 138 valence electrons. The second kappa shape index (κ2) is 9.00. The summed E-state index contributed by atoms with van der Waals surface area (Å²) in [5.74, 6) is -3.47. The third-order valence-corrected chi connectivity index (χ3v) is 3.46. The summed E-state index contributed by atoms with van der Waals surface area (Å²) in [6, 6.07) is 9.19. The molecule has 0 aliphatic carbocycles. The molecule has 0 atom stereocenters. The van der Waals surface area contributed by atoms with Crippen molar-refractivity contribution in [1.82, 2.24) is 10.2 Å². The molecule has 0 aliphatic rings. The van der Waals surface area contributed by atoms with Crippen molar-refractivity contribution in [3.63, 3.8) is 0 Å². The van der Waals surface area contributed by atoms with Crippen molar-refractivity contribution in [1.29, 1.82) is 0 Å². The number of halogens is 3. The second-order valence-corrected chi connectivity index (χ2v) is 5.72. The number of rotatable bonds is 7. The van der Waals surface area contributed by atoms with Gasteiger partial charge in [0.15, 0.2) is 11.6 Å². The lowest BCUT2D eigenvalue weighted by Crippen LogP contribution is -2.39. The lowest BCUT2D eigenvalue weighted by atomic mass is 10.2. The van der Waals surface area contributed by atoms with Gasteiger partial charge in [-0.2, -0.15) is 0 Å². The molecule has 0 fully saturated rings. The number of amides is 2. The number of hydrogen-bond acceptors (Lipinski definition) is 3. The SMILES string of the molecule is CN(CC(=O)NCC(=O)Nc1ccc(F)c(F)c1)Cc1ccccc1F. The fraction of sp³-hybridized carbons (Fsp3) is 0.222. The van der Waals surface area contributed by atoms with Gasteiger partial charge in [0.25, 0.3) is 0 Å². The molecule has 0 heterocycles. The largest absolute Gasteiger partial charge is 0.346 e. The fourth-order valence-corrected chi connectivity index (χ4v) is 2.23. The molecule has 0 aromatic heterocycles. The molecular formula is C18H18F3N3O2. The van der Waals surface area contributed by atoms with Crippen LogP contribution in [0.5, 0.6) is 0 Å². The number of likely N-dealkylation sites (N-methyl/N-ethyl adjacent to an activating group) is 1. The van der Waals surface area contributed by atoms with Crippen molar-refractivity contribution < 1.29 is 22.8 Å². The topological polar surface area (TPSA) is 61.4 Å². The van der Waals surface area contributed by atoms with Gasteiger partial charge in [0.05, 0.1) is 13.1 Å². The first-order chi connectivity index (χ1) is 12.3. The van der Waals surface area contributed by atoms with Gasteiger partial charge in [-0.15, -0.1) is 0 Å². The Bertz CT molecular complexity index is 799. The first-order valence-electron chi connectivity index (χ1n) is 7.78. The van der Waals surface area contributed by atoms with Crippen molar-refractivity contribution in [3.05, 3.63) is 65.5 Å². The Kier molecular flexibility index (Phi) is 6.74. The number of nitrogens with one attached hydrogen (secondary N) is 2. The number of carbonyl (C=O) groups is 2. The quantitative estimate of drug-likeness (QED) is 0.792. The zero-order valence-corrected chi connectivity index (χ0v) is 14.1. The minimum absolute atomic E-state index is 0.0349. The summed E-state index contributed by atoms with van der Waals surface area (Å²) >= 11 is 0. The average molecular weight is 365 g/mol. The van der Waals surface area contributed by atoms with Crippen LogP contribution in [0.2, 0.25) is 0 Å². The van der Waals surface area contributed by atoms with Crippen LogP contribution in [0.3, 0.4) is 0 Å². The molecule has 26 heavy (non-hydrogen) atoms. The molecule has 0 aliphatic heterocycles. The van der Waals surface area contributed by atoms with Crippen molar-refractivity contribution in [2.75, 3.05) is 25.5 Å². The van der Waals surface area contributed by atoms with Crippen LogP contribution >= 0.6 is 0 Å². The summed E-state index contributed by atoms with van der Waals surface area (Å²) in [4.78, 5) is 25.2. The van der Waals surface area contributed by atoms with Crippen LogP contribution in [0, 0.1) is 17.5 Å². The maximum atomic E-state index is 13.6. The van der Waals surface area contributed by atoms with Crippen molar-refractivity contribution >= 4 is 17.5 Å². The summed E-state index contributed by atoms with van der Waals surface area (Å²) < 4.78 is 39.5. The van der Waals surface area contributed by atoms with Crippen molar-refractivity contribution in [2.24, 2.45) is 0 Å². The van der Waals surface area contributed by atoms with E-state index in [9.17, 15) is 22.8 Å². The molecule has 0 saturated carbocycles. The molecule has 0 spiro atoms. The fourth-order valence-electron chi connectivity index (χ4n) is 2.23. The molecule has 0 radical (unpaired) electrons. The van der Waals surface area contributed by atoms with Crippen LogP contribution in [0.4, 0.5) is 18.9 Å². The summed E-state index contributed by atoms with van der Waals surface area (Å²) in [5, 5.41) is 4.75. The second-order valence-electron chi connectivity index (χ2n) is 5.72. The lowest BCUT2D eigenvalue weighted by Gasteiger charge is -2.16. The predicted octanol–water partition coefficient (Wildman–Crippen LogP) is 2.29. The van der Waals surface area contributed by atoms with Gasteiger partial charge in [0, 0.05) is 23.9 Å². The number of carbonyl (C=O) groups excluding carboxylic acids is 2. The third kappa shape index (κ3) is 5.89. The van der Waals surface area contributed by atoms with Crippen LogP contribution in [-0.4, -0.2) is 36.9 Å². The van der Waals surface area contributed by atoms with E-state index in [1.807, 2.05) is 0 Å². The first-order valence-corrected chi connectivity index (χ1v) is 7.78. The highest BCUT2D eigenvalue weighted by Gasteiger charge is 2.11. The Hall–Kier alpha value is -2.87. The van der Waals surface area contributed by atoms with E-state index in [-0.39, 0.29) is 31.1 Å². The van der Waals surface area contributed by atoms with E-state index in [1.165, 1.54) is 12.1 Å².